The minimum atomic E-state index is -0.138. The number of amides is 1. The molecule has 1 aliphatic heterocycles. The Bertz CT molecular complexity index is 984. The van der Waals surface area contributed by atoms with Gasteiger partial charge in [-0.05, 0) is 44.0 Å². The molecule has 1 unspecified atom stereocenters. The number of rotatable bonds is 7. The van der Waals surface area contributed by atoms with E-state index in [1.165, 1.54) is 5.56 Å². The van der Waals surface area contributed by atoms with Crippen LogP contribution >= 0.6 is 0 Å². The molecule has 0 saturated carbocycles. The van der Waals surface area contributed by atoms with E-state index in [1.54, 1.807) is 13.4 Å². The molecular weight excluding hydrogens is 364 g/mol. The van der Waals surface area contributed by atoms with Gasteiger partial charge in [-0.15, -0.1) is 0 Å². The summed E-state index contributed by atoms with van der Waals surface area (Å²) in [4.78, 5) is 19.0. The Kier molecular flexibility index (Phi) is 5.62. The standard InChI is InChI=1S/C23H26N4O2/c1-17-15-26(16-25-17)21-9-8-19(14-22(21)29-2)27-13-11-20(23(27)28)24-12-10-18-6-4-3-5-7-18/h3-9,14-16,20,24H,10-13H2,1-2H3. The number of methoxy groups -OCH3 is 1. The number of hydrogen-bond donors (Lipinski definition) is 1. The fourth-order valence-electron chi connectivity index (χ4n) is 3.76. The van der Waals surface area contributed by atoms with Crippen LogP contribution in [0.15, 0.2) is 61.1 Å². The number of carbonyl (C=O) groups excluding carboxylic acids is 1. The molecule has 6 nitrogen and oxygen atoms in total. The molecule has 6 heteroatoms. The molecule has 1 N–H and O–H groups in total. The highest BCUT2D eigenvalue weighted by atomic mass is 16.5. The number of anilines is 1. The van der Waals surface area contributed by atoms with E-state index in [2.05, 4.69) is 22.4 Å². The molecule has 0 radical (unpaired) electrons. The van der Waals surface area contributed by atoms with Crippen molar-refractivity contribution in [1.82, 2.24) is 14.9 Å². The van der Waals surface area contributed by atoms with Gasteiger partial charge in [0.25, 0.3) is 0 Å². The third kappa shape index (κ3) is 4.17. The lowest BCUT2D eigenvalue weighted by Crippen LogP contribution is -2.39. The van der Waals surface area contributed by atoms with Crippen LogP contribution in [0.2, 0.25) is 0 Å². The number of imidazole rings is 1. The summed E-state index contributed by atoms with van der Waals surface area (Å²) in [5.41, 5.74) is 3.98. The fourth-order valence-corrected chi connectivity index (χ4v) is 3.76. The van der Waals surface area contributed by atoms with Crippen molar-refractivity contribution in [3.63, 3.8) is 0 Å². The van der Waals surface area contributed by atoms with Crippen LogP contribution in [0.3, 0.4) is 0 Å². The van der Waals surface area contributed by atoms with E-state index in [4.69, 9.17) is 4.74 Å². The average molecular weight is 390 g/mol. The second-order valence-electron chi connectivity index (χ2n) is 7.30. The molecule has 1 aromatic heterocycles. The summed E-state index contributed by atoms with van der Waals surface area (Å²) in [5.74, 6) is 0.833. The molecule has 1 atom stereocenters. The number of aromatic nitrogens is 2. The first kappa shape index (κ1) is 19.2. The van der Waals surface area contributed by atoms with E-state index in [1.807, 2.05) is 59.0 Å². The Balaban J connectivity index is 1.43. The molecule has 4 rings (SSSR count). The van der Waals surface area contributed by atoms with Crippen molar-refractivity contribution in [3.05, 3.63) is 72.3 Å². The Morgan fingerprint density at radius 1 is 1.21 bits per heavy atom. The van der Waals surface area contributed by atoms with E-state index in [0.29, 0.717) is 12.3 Å². The topological polar surface area (TPSA) is 59.4 Å². The normalized spacial score (nSPS) is 16.4. The lowest BCUT2D eigenvalue weighted by molar-refractivity contribution is -0.118. The number of aryl methyl sites for hydroxylation is 1. The molecule has 1 fully saturated rings. The number of carbonyl (C=O) groups is 1. The van der Waals surface area contributed by atoms with Crippen molar-refractivity contribution >= 4 is 11.6 Å². The van der Waals surface area contributed by atoms with E-state index in [-0.39, 0.29) is 11.9 Å². The number of hydrogen-bond acceptors (Lipinski definition) is 4. The minimum Gasteiger partial charge on any atom is -0.494 e. The van der Waals surface area contributed by atoms with Gasteiger partial charge in [0.05, 0.1) is 30.9 Å². The van der Waals surface area contributed by atoms with Crippen LogP contribution in [0, 0.1) is 6.92 Å². The largest absolute Gasteiger partial charge is 0.494 e. The molecule has 0 bridgehead atoms. The highest BCUT2D eigenvalue weighted by Crippen LogP contribution is 2.31. The third-order valence-corrected chi connectivity index (χ3v) is 5.32. The Labute approximate surface area is 171 Å². The molecule has 3 aromatic rings. The summed E-state index contributed by atoms with van der Waals surface area (Å²) < 4.78 is 7.51. The zero-order valence-corrected chi connectivity index (χ0v) is 16.8. The van der Waals surface area contributed by atoms with Crippen LogP contribution in [0.1, 0.15) is 17.7 Å². The highest BCUT2D eigenvalue weighted by Gasteiger charge is 2.32. The van der Waals surface area contributed by atoms with Crippen LogP contribution in [0.5, 0.6) is 5.75 Å². The number of benzene rings is 2. The third-order valence-electron chi connectivity index (χ3n) is 5.32. The highest BCUT2D eigenvalue weighted by molar-refractivity contribution is 5.99. The van der Waals surface area contributed by atoms with Crippen LogP contribution < -0.4 is 15.0 Å². The zero-order chi connectivity index (χ0) is 20.2. The molecule has 2 aromatic carbocycles. The number of ether oxygens (including phenoxy) is 1. The molecule has 29 heavy (non-hydrogen) atoms. The summed E-state index contributed by atoms with van der Waals surface area (Å²) in [6.07, 6.45) is 5.43. The Hall–Kier alpha value is -3.12. The second kappa shape index (κ2) is 8.49. The van der Waals surface area contributed by atoms with Gasteiger partial charge < -0.3 is 19.5 Å². The molecule has 0 aliphatic carbocycles. The van der Waals surface area contributed by atoms with E-state index in [0.717, 1.165) is 36.5 Å². The summed E-state index contributed by atoms with van der Waals surface area (Å²) in [6.45, 7) is 3.44. The SMILES string of the molecule is COc1cc(N2CCC(NCCc3ccccc3)C2=O)ccc1-n1cnc(C)c1. The maximum atomic E-state index is 12.9. The molecule has 0 spiro atoms. The van der Waals surface area contributed by atoms with Crippen molar-refractivity contribution in [1.29, 1.82) is 0 Å². The van der Waals surface area contributed by atoms with Crippen LogP contribution in [-0.2, 0) is 11.2 Å². The van der Waals surface area contributed by atoms with Gasteiger partial charge in [-0.3, -0.25) is 4.79 Å². The number of nitrogens with one attached hydrogen (secondary N) is 1. The van der Waals surface area contributed by atoms with Crippen LogP contribution in [-0.4, -0.2) is 41.7 Å². The summed E-state index contributed by atoms with van der Waals surface area (Å²) in [5, 5.41) is 3.41. The lowest BCUT2D eigenvalue weighted by Gasteiger charge is -2.19. The first-order valence-electron chi connectivity index (χ1n) is 9.93. The van der Waals surface area contributed by atoms with Crippen molar-refractivity contribution < 1.29 is 9.53 Å². The monoisotopic (exact) mass is 390 g/mol. The van der Waals surface area contributed by atoms with E-state index >= 15 is 0 Å². The molecule has 150 valence electrons. The first-order chi connectivity index (χ1) is 14.2. The maximum Gasteiger partial charge on any atom is 0.244 e. The molecule has 2 heterocycles. The molecule has 1 saturated heterocycles. The van der Waals surface area contributed by atoms with Gasteiger partial charge in [0.15, 0.2) is 0 Å². The zero-order valence-electron chi connectivity index (χ0n) is 16.8. The lowest BCUT2D eigenvalue weighted by atomic mass is 10.1. The molecule has 1 aliphatic rings. The van der Waals surface area contributed by atoms with Gasteiger partial charge in [-0.1, -0.05) is 30.3 Å². The van der Waals surface area contributed by atoms with Crippen molar-refractivity contribution in [3.8, 4) is 11.4 Å². The van der Waals surface area contributed by atoms with Gasteiger partial charge in [0, 0.05) is 24.5 Å². The Morgan fingerprint density at radius 2 is 2.03 bits per heavy atom. The van der Waals surface area contributed by atoms with Gasteiger partial charge in [-0.2, -0.15) is 0 Å². The fraction of sp³-hybridized carbons (Fsp3) is 0.304. The van der Waals surface area contributed by atoms with Gasteiger partial charge in [0.1, 0.15) is 5.75 Å². The Morgan fingerprint density at radius 3 is 2.76 bits per heavy atom. The summed E-state index contributed by atoms with van der Waals surface area (Å²) >= 11 is 0. The van der Waals surface area contributed by atoms with E-state index in [9.17, 15) is 4.79 Å². The minimum absolute atomic E-state index is 0.117. The van der Waals surface area contributed by atoms with E-state index < -0.39 is 0 Å². The first-order valence-corrected chi connectivity index (χ1v) is 9.93. The second-order valence-corrected chi connectivity index (χ2v) is 7.30. The van der Waals surface area contributed by atoms with Crippen molar-refractivity contribution in [2.24, 2.45) is 0 Å². The maximum absolute atomic E-state index is 12.9. The van der Waals surface area contributed by atoms with Gasteiger partial charge >= 0.3 is 0 Å². The number of nitrogens with zero attached hydrogens (tertiary/aromatic N) is 3. The average Bonchev–Trinajstić information content (AvgIpc) is 3.34. The summed E-state index contributed by atoms with van der Waals surface area (Å²) in [7, 11) is 1.64. The molecular formula is C23H26N4O2. The smallest absolute Gasteiger partial charge is 0.244 e. The van der Waals surface area contributed by atoms with Crippen LogP contribution in [0.25, 0.3) is 5.69 Å². The van der Waals surface area contributed by atoms with Crippen molar-refractivity contribution in [2.45, 2.75) is 25.8 Å². The van der Waals surface area contributed by atoms with Crippen LogP contribution in [0.4, 0.5) is 5.69 Å². The van der Waals surface area contributed by atoms with Gasteiger partial charge in [-0.25, -0.2) is 4.98 Å². The van der Waals surface area contributed by atoms with Gasteiger partial charge in [0.2, 0.25) is 5.91 Å². The quantitative estimate of drug-likeness (QED) is 0.673. The van der Waals surface area contributed by atoms with Crippen molar-refractivity contribution in [2.75, 3.05) is 25.1 Å². The summed E-state index contributed by atoms with van der Waals surface area (Å²) in [6, 6.07) is 16.1. The predicted molar refractivity (Wildman–Crippen MR) is 114 cm³/mol. The predicted octanol–water partition coefficient (Wildman–Crippen LogP) is 3.13. The molecule has 1 amide bonds.